The largest absolute Gasteiger partial charge is 0.487 e. The molecule has 1 fully saturated rings. The van der Waals surface area contributed by atoms with Gasteiger partial charge in [0.1, 0.15) is 12.4 Å². The van der Waals surface area contributed by atoms with Crippen molar-refractivity contribution in [1.82, 2.24) is 4.90 Å². The van der Waals surface area contributed by atoms with Gasteiger partial charge in [-0.1, -0.05) is 23.7 Å². The van der Waals surface area contributed by atoms with Gasteiger partial charge in [-0.15, -0.1) is 0 Å². The minimum absolute atomic E-state index is 0.149. The first-order valence-corrected chi connectivity index (χ1v) is 13.5. The average Bonchev–Trinajstić information content (AvgIpc) is 3.07. The normalized spacial score (nSPS) is 15.8. The van der Waals surface area contributed by atoms with E-state index >= 15 is 0 Å². The predicted molar refractivity (Wildman–Crippen MR) is 156 cm³/mol. The second-order valence-corrected chi connectivity index (χ2v) is 11.2. The highest BCUT2D eigenvalue weighted by Crippen LogP contribution is 2.35. The highest BCUT2D eigenvalue weighted by molar-refractivity contribution is 14.1. The molecule has 0 spiro atoms. The summed E-state index contributed by atoms with van der Waals surface area (Å²) in [5, 5.41) is 10.3. The smallest absolute Gasteiger partial charge is 0.335 e. The quantitative estimate of drug-likeness (QED) is 0.217. The number of amides is 1. The molecule has 1 amide bonds. The monoisotopic (exact) mass is 730 g/mol. The summed E-state index contributed by atoms with van der Waals surface area (Å²) in [4.78, 5) is 30.4. The minimum Gasteiger partial charge on any atom is -0.487 e. The Morgan fingerprint density at radius 2 is 1.74 bits per heavy atom. The molecule has 3 aromatic carbocycles. The molecule has 1 N–H and O–H groups in total. The lowest BCUT2D eigenvalue weighted by molar-refractivity contribution is -0.121. The number of rotatable bonds is 6. The molecule has 3 aromatic rings. The van der Waals surface area contributed by atoms with Crippen molar-refractivity contribution >= 4 is 97.4 Å². The van der Waals surface area contributed by atoms with E-state index < -0.39 is 5.97 Å². The van der Waals surface area contributed by atoms with Gasteiger partial charge in [0.25, 0.3) is 5.91 Å². The molecule has 0 saturated carbocycles. The van der Waals surface area contributed by atoms with Crippen molar-refractivity contribution in [3.63, 3.8) is 0 Å². The molecule has 1 heterocycles. The van der Waals surface area contributed by atoms with Crippen molar-refractivity contribution in [2.75, 3.05) is 7.05 Å². The van der Waals surface area contributed by atoms with Crippen LogP contribution in [0.5, 0.6) is 5.75 Å². The molecule has 0 atom stereocenters. The molecule has 178 valence electrons. The summed E-state index contributed by atoms with van der Waals surface area (Å²) in [5.41, 5.74) is 2.66. The molecule has 0 unspecified atom stereocenters. The van der Waals surface area contributed by atoms with E-state index in [4.69, 9.17) is 21.4 Å². The fourth-order valence-corrected chi connectivity index (χ4v) is 6.37. The topological polar surface area (TPSA) is 79.2 Å². The zero-order chi connectivity index (χ0) is 25.1. The van der Waals surface area contributed by atoms with Crippen molar-refractivity contribution in [2.45, 2.75) is 6.61 Å². The number of amidine groups is 1. The van der Waals surface area contributed by atoms with Crippen molar-refractivity contribution in [3.05, 3.63) is 94.4 Å². The number of carbonyl (C=O) groups excluding carboxylic acids is 1. The second kappa shape index (κ2) is 11.3. The number of likely N-dealkylation sites (N-methyl/N-ethyl adjacent to an activating group) is 1. The van der Waals surface area contributed by atoms with E-state index in [-0.39, 0.29) is 11.5 Å². The van der Waals surface area contributed by atoms with Gasteiger partial charge < -0.3 is 9.84 Å². The molecule has 0 aliphatic carbocycles. The molecule has 10 heteroatoms. The van der Waals surface area contributed by atoms with E-state index in [1.807, 2.05) is 42.5 Å². The summed E-state index contributed by atoms with van der Waals surface area (Å²) in [6.07, 6.45) is 1.84. The Bertz CT molecular complexity index is 1340. The van der Waals surface area contributed by atoms with Gasteiger partial charge in [-0.25, -0.2) is 9.79 Å². The maximum absolute atomic E-state index is 12.8. The number of nitrogens with zero attached hydrogens (tertiary/aromatic N) is 2. The van der Waals surface area contributed by atoms with Gasteiger partial charge >= 0.3 is 5.97 Å². The van der Waals surface area contributed by atoms with Crippen LogP contribution in [0.1, 0.15) is 21.5 Å². The Hall–Kier alpha value is -2.09. The number of ether oxygens (including phenoxy) is 1. The molecule has 0 aromatic heterocycles. The molecule has 4 rings (SSSR count). The number of hydrogen-bond donors (Lipinski definition) is 1. The molecule has 1 aliphatic heterocycles. The van der Waals surface area contributed by atoms with E-state index in [9.17, 15) is 9.59 Å². The number of hydrogen-bond acceptors (Lipinski definition) is 5. The van der Waals surface area contributed by atoms with Crippen LogP contribution >= 0.6 is 68.5 Å². The first kappa shape index (κ1) is 26.0. The van der Waals surface area contributed by atoms with Crippen LogP contribution in [0.3, 0.4) is 0 Å². The number of thioether (sulfide) groups is 1. The van der Waals surface area contributed by atoms with Crippen LogP contribution in [0.4, 0.5) is 5.69 Å². The number of aromatic carboxylic acids is 1. The predicted octanol–water partition coefficient (Wildman–Crippen LogP) is 7.06. The molecular weight excluding hydrogens is 714 g/mol. The lowest BCUT2D eigenvalue weighted by Crippen LogP contribution is -2.23. The van der Waals surface area contributed by atoms with Crippen LogP contribution in [-0.2, 0) is 11.4 Å². The van der Waals surface area contributed by atoms with Crippen LogP contribution < -0.4 is 4.74 Å². The highest BCUT2D eigenvalue weighted by atomic mass is 127. The summed E-state index contributed by atoms with van der Waals surface area (Å²) in [6, 6.07) is 17.7. The third-order valence-corrected chi connectivity index (χ3v) is 7.87. The summed E-state index contributed by atoms with van der Waals surface area (Å²) in [7, 11) is 1.67. The molecule has 0 radical (unpaired) electrons. The van der Waals surface area contributed by atoms with Crippen LogP contribution in [0, 0.1) is 7.14 Å². The van der Waals surface area contributed by atoms with E-state index in [0.29, 0.717) is 27.4 Å². The maximum Gasteiger partial charge on any atom is 0.335 e. The molecule has 35 heavy (non-hydrogen) atoms. The van der Waals surface area contributed by atoms with Crippen LogP contribution in [0.15, 0.2) is 70.6 Å². The van der Waals surface area contributed by atoms with Crippen LogP contribution in [0.25, 0.3) is 6.08 Å². The van der Waals surface area contributed by atoms with Crippen molar-refractivity contribution in [2.24, 2.45) is 4.99 Å². The summed E-state index contributed by atoms with van der Waals surface area (Å²) in [5.74, 6) is -0.357. The first-order chi connectivity index (χ1) is 16.7. The van der Waals surface area contributed by atoms with Gasteiger partial charge in [0, 0.05) is 12.1 Å². The van der Waals surface area contributed by atoms with E-state index in [1.165, 1.54) is 28.8 Å². The van der Waals surface area contributed by atoms with Gasteiger partial charge in [-0.05, 0) is 123 Å². The third kappa shape index (κ3) is 6.38. The average molecular weight is 731 g/mol. The van der Waals surface area contributed by atoms with Gasteiger partial charge in [0.05, 0.1) is 23.3 Å². The minimum atomic E-state index is -0.998. The fraction of sp³-hybridized carbons (Fsp3) is 0.0800. The molecule has 1 aliphatic rings. The lowest BCUT2D eigenvalue weighted by Gasteiger charge is -2.12. The molecule has 0 bridgehead atoms. The zero-order valence-corrected chi connectivity index (χ0v) is 24.1. The molecule has 1 saturated heterocycles. The Morgan fingerprint density at radius 3 is 2.34 bits per heavy atom. The number of carboxylic acid groups (broad SMARTS) is 1. The Balaban J connectivity index is 1.52. The Labute approximate surface area is 238 Å². The van der Waals surface area contributed by atoms with Crippen molar-refractivity contribution < 1.29 is 19.4 Å². The second-order valence-electron chi connectivity index (χ2n) is 7.45. The van der Waals surface area contributed by atoms with Crippen LogP contribution in [-0.4, -0.2) is 34.1 Å². The number of aliphatic imine (C=N–C) groups is 1. The van der Waals surface area contributed by atoms with Gasteiger partial charge in [0.2, 0.25) is 0 Å². The van der Waals surface area contributed by atoms with Crippen LogP contribution in [0.2, 0.25) is 5.02 Å². The van der Waals surface area contributed by atoms with Gasteiger partial charge in [-0.3, -0.25) is 9.69 Å². The van der Waals surface area contributed by atoms with Gasteiger partial charge in [-0.2, -0.15) is 0 Å². The van der Waals surface area contributed by atoms with E-state index in [2.05, 4.69) is 50.2 Å². The summed E-state index contributed by atoms with van der Waals surface area (Å²) in [6.45, 7) is 0.427. The number of halogens is 3. The molecular formula is C25H17ClI2N2O4S. The number of carboxylic acids is 1. The Morgan fingerprint density at radius 1 is 1.11 bits per heavy atom. The van der Waals surface area contributed by atoms with Crippen molar-refractivity contribution in [1.29, 1.82) is 0 Å². The zero-order valence-electron chi connectivity index (χ0n) is 18.2. The standard InChI is InChI=1S/C25H17ClI2N2O4S/c1-30-23(31)21(35-25(30)29-18-8-4-16(5-9-18)24(32)33)12-15-10-19(27)22(20(28)11-15)34-13-14-2-6-17(26)7-3-14/h2-12H,13H2,1H3,(H,32,33)/b21-12-,29-25?. The Kier molecular flexibility index (Phi) is 8.40. The van der Waals surface area contributed by atoms with E-state index in [1.54, 1.807) is 19.2 Å². The van der Waals surface area contributed by atoms with E-state index in [0.717, 1.165) is 24.0 Å². The number of benzene rings is 3. The first-order valence-electron chi connectivity index (χ1n) is 10.2. The number of carbonyl (C=O) groups is 2. The van der Waals surface area contributed by atoms with Gasteiger partial charge in [0.15, 0.2) is 5.17 Å². The molecule has 6 nitrogen and oxygen atoms in total. The SMILES string of the molecule is CN1C(=O)/C(=C/c2cc(I)c(OCc3ccc(Cl)cc3)c(I)c2)SC1=Nc1ccc(C(=O)O)cc1. The highest BCUT2D eigenvalue weighted by Gasteiger charge is 2.30. The maximum atomic E-state index is 12.8. The third-order valence-electron chi connectivity index (χ3n) is 4.96. The summed E-state index contributed by atoms with van der Waals surface area (Å²) >= 11 is 11.7. The lowest BCUT2D eigenvalue weighted by atomic mass is 10.2. The van der Waals surface area contributed by atoms with Crippen molar-refractivity contribution in [3.8, 4) is 5.75 Å². The fourth-order valence-electron chi connectivity index (χ4n) is 3.13. The summed E-state index contributed by atoms with van der Waals surface area (Å²) < 4.78 is 7.92.